The van der Waals surface area contributed by atoms with Crippen molar-refractivity contribution in [2.75, 3.05) is 4.72 Å². The molecule has 0 aliphatic carbocycles. The molecule has 0 heterocycles. The van der Waals surface area contributed by atoms with Crippen LogP contribution in [-0.4, -0.2) is 8.42 Å². The highest BCUT2D eigenvalue weighted by Crippen LogP contribution is 2.28. The van der Waals surface area contributed by atoms with E-state index in [4.69, 9.17) is 0 Å². The van der Waals surface area contributed by atoms with Gasteiger partial charge in [0.25, 0.3) is 10.0 Å². The van der Waals surface area contributed by atoms with Gasteiger partial charge in [0.2, 0.25) is 0 Å². The lowest BCUT2D eigenvalue weighted by Crippen LogP contribution is -2.14. The first-order chi connectivity index (χ1) is 9.70. The van der Waals surface area contributed by atoms with Gasteiger partial charge in [0.1, 0.15) is 0 Å². The Morgan fingerprint density at radius 3 is 2.05 bits per heavy atom. The van der Waals surface area contributed by atoms with Gasteiger partial charge in [-0.3, -0.25) is 4.72 Å². The van der Waals surface area contributed by atoms with Gasteiger partial charge in [-0.05, 0) is 61.7 Å². The molecule has 0 atom stereocenters. The summed E-state index contributed by atoms with van der Waals surface area (Å²) in [6.45, 7) is 5.64. The zero-order chi connectivity index (χ0) is 15.8. The number of aryl methyl sites for hydroxylation is 3. The van der Waals surface area contributed by atoms with Crippen LogP contribution in [-0.2, 0) is 10.0 Å². The molecule has 2 aromatic carbocycles. The van der Waals surface area contributed by atoms with E-state index in [2.05, 4.69) is 36.6 Å². The monoisotopic (exact) mass is 431 g/mol. The van der Waals surface area contributed by atoms with E-state index in [9.17, 15) is 8.42 Å². The second-order valence-electron chi connectivity index (χ2n) is 4.94. The average Bonchev–Trinajstić information content (AvgIpc) is 2.38. The highest BCUT2D eigenvalue weighted by Gasteiger charge is 2.18. The minimum atomic E-state index is -3.61. The van der Waals surface area contributed by atoms with Crippen molar-refractivity contribution < 1.29 is 8.42 Å². The minimum Gasteiger partial charge on any atom is -0.280 e. The SMILES string of the molecule is Cc1ccc(Br)cc1S(=O)(=O)Nc1cc(C)c(Br)c(C)c1. The van der Waals surface area contributed by atoms with Crippen molar-refractivity contribution >= 4 is 47.6 Å². The first-order valence-electron chi connectivity index (χ1n) is 6.26. The molecule has 0 saturated carbocycles. The summed E-state index contributed by atoms with van der Waals surface area (Å²) in [5, 5.41) is 0. The van der Waals surface area contributed by atoms with Gasteiger partial charge in [-0.2, -0.15) is 0 Å². The Hall–Kier alpha value is -0.850. The Morgan fingerprint density at radius 1 is 0.905 bits per heavy atom. The molecule has 21 heavy (non-hydrogen) atoms. The van der Waals surface area contributed by atoms with Gasteiger partial charge in [-0.25, -0.2) is 8.42 Å². The molecular weight excluding hydrogens is 418 g/mol. The third-order valence-electron chi connectivity index (χ3n) is 3.13. The lowest BCUT2D eigenvalue weighted by molar-refractivity contribution is 0.600. The van der Waals surface area contributed by atoms with Crippen molar-refractivity contribution in [2.45, 2.75) is 25.7 Å². The summed E-state index contributed by atoms with van der Waals surface area (Å²) in [6.07, 6.45) is 0. The highest BCUT2D eigenvalue weighted by atomic mass is 79.9. The van der Waals surface area contributed by atoms with Gasteiger partial charge in [0.15, 0.2) is 0 Å². The number of anilines is 1. The van der Waals surface area contributed by atoms with Crippen molar-refractivity contribution in [1.29, 1.82) is 0 Å². The van der Waals surface area contributed by atoms with Crippen LogP contribution >= 0.6 is 31.9 Å². The molecule has 1 N–H and O–H groups in total. The molecule has 6 heteroatoms. The normalized spacial score (nSPS) is 11.5. The Labute approximate surface area is 142 Å². The second-order valence-corrected chi connectivity index (χ2v) is 8.30. The number of rotatable bonds is 3. The molecule has 0 aromatic heterocycles. The fraction of sp³-hybridized carbons (Fsp3) is 0.200. The van der Waals surface area contributed by atoms with Crippen LogP contribution in [0.5, 0.6) is 0 Å². The largest absolute Gasteiger partial charge is 0.280 e. The molecule has 0 amide bonds. The van der Waals surface area contributed by atoms with Gasteiger partial charge < -0.3 is 0 Å². The number of sulfonamides is 1. The van der Waals surface area contributed by atoms with Crippen molar-refractivity contribution in [3.05, 3.63) is 56.0 Å². The molecular formula is C15H15Br2NO2S. The zero-order valence-corrected chi connectivity index (χ0v) is 15.9. The van der Waals surface area contributed by atoms with Crippen LogP contribution in [0.3, 0.4) is 0 Å². The summed E-state index contributed by atoms with van der Waals surface area (Å²) in [6, 6.07) is 8.82. The van der Waals surface area contributed by atoms with Gasteiger partial charge in [0, 0.05) is 14.6 Å². The quantitative estimate of drug-likeness (QED) is 0.746. The number of nitrogens with one attached hydrogen (secondary N) is 1. The van der Waals surface area contributed by atoms with Crippen molar-refractivity contribution in [3.63, 3.8) is 0 Å². The summed E-state index contributed by atoms with van der Waals surface area (Å²) < 4.78 is 29.4. The molecule has 0 aliphatic rings. The molecule has 0 saturated heterocycles. The molecule has 2 rings (SSSR count). The van der Waals surface area contributed by atoms with E-state index >= 15 is 0 Å². The number of hydrogen-bond acceptors (Lipinski definition) is 2. The fourth-order valence-corrected chi connectivity index (χ4v) is 4.13. The molecule has 0 bridgehead atoms. The van der Waals surface area contributed by atoms with Crippen molar-refractivity contribution in [3.8, 4) is 0 Å². The van der Waals surface area contributed by atoms with E-state index in [0.717, 1.165) is 20.1 Å². The lowest BCUT2D eigenvalue weighted by Gasteiger charge is -2.13. The standard InChI is InChI=1S/C15H15Br2NO2S/c1-9-4-5-12(16)8-14(9)21(19,20)18-13-6-10(2)15(17)11(3)7-13/h4-8,18H,1-3H3. The minimum absolute atomic E-state index is 0.273. The Balaban J connectivity index is 2.45. The van der Waals surface area contributed by atoms with E-state index in [1.54, 1.807) is 19.1 Å². The van der Waals surface area contributed by atoms with E-state index in [1.165, 1.54) is 0 Å². The predicted octanol–water partition coefficient (Wildman–Crippen LogP) is 4.94. The Morgan fingerprint density at radius 2 is 1.48 bits per heavy atom. The first-order valence-corrected chi connectivity index (χ1v) is 9.33. The first kappa shape index (κ1) is 16.5. The van der Waals surface area contributed by atoms with E-state index in [-0.39, 0.29) is 4.90 Å². The molecule has 0 fully saturated rings. The van der Waals surface area contributed by atoms with Crippen LogP contribution in [0.2, 0.25) is 0 Å². The molecule has 3 nitrogen and oxygen atoms in total. The van der Waals surface area contributed by atoms with Crippen LogP contribution < -0.4 is 4.72 Å². The van der Waals surface area contributed by atoms with Gasteiger partial charge in [0.05, 0.1) is 4.90 Å². The maximum atomic E-state index is 12.5. The smallest absolute Gasteiger partial charge is 0.262 e. The molecule has 112 valence electrons. The van der Waals surface area contributed by atoms with E-state index in [1.807, 2.05) is 32.0 Å². The third kappa shape index (κ3) is 3.67. The van der Waals surface area contributed by atoms with Gasteiger partial charge >= 0.3 is 0 Å². The Kier molecular flexibility index (Phi) is 4.80. The maximum Gasteiger partial charge on any atom is 0.262 e. The van der Waals surface area contributed by atoms with Gasteiger partial charge in [-0.1, -0.05) is 37.9 Å². The van der Waals surface area contributed by atoms with Crippen LogP contribution in [0.1, 0.15) is 16.7 Å². The second kappa shape index (κ2) is 6.10. The average molecular weight is 433 g/mol. The van der Waals surface area contributed by atoms with Crippen LogP contribution in [0.15, 0.2) is 44.2 Å². The zero-order valence-electron chi connectivity index (χ0n) is 11.9. The molecule has 0 spiro atoms. The summed E-state index contributed by atoms with van der Waals surface area (Å²) >= 11 is 6.78. The van der Waals surface area contributed by atoms with Crippen molar-refractivity contribution in [1.82, 2.24) is 0 Å². The van der Waals surface area contributed by atoms with Crippen molar-refractivity contribution in [2.24, 2.45) is 0 Å². The van der Waals surface area contributed by atoms with E-state index < -0.39 is 10.0 Å². The Bertz CT molecular complexity index is 778. The van der Waals surface area contributed by atoms with Gasteiger partial charge in [-0.15, -0.1) is 0 Å². The summed E-state index contributed by atoms with van der Waals surface area (Å²) in [4.78, 5) is 0.273. The van der Waals surface area contributed by atoms with E-state index in [0.29, 0.717) is 11.3 Å². The molecule has 0 aliphatic heterocycles. The van der Waals surface area contributed by atoms with Crippen LogP contribution in [0.25, 0.3) is 0 Å². The predicted molar refractivity (Wildman–Crippen MR) is 93.3 cm³/mol. The number of hydrogen-bond donors (Lipinski definition) is 1. The molecule has 0 unspecified atom stereocenters. The maximum absolute atomic E-state index is 12.5. The highest BCUT2D eigenvalue weighted by molar-refractivity contribution is 9.10. The molecule has 2 aromatic rings. The lowest BCUT2D eigenvalue weighted by atomic mass is 10.1. The number of benzene rings is 2. The molecule has 0 radical (unpaired) electrons. The van der Waals surface area contributed by atoms with Crippen LogP contribution in [0.4, 0.5) is 5.69 Å². The van der Waals surface area contributed by atoms with Crippen LogP contribution in [0, 0.1) is 20.8 Å². The summed E-state index contributed by atoms with van der Waals surface area (Å²) in [5.41, 5.74) is 3.24. The third-order valence-corrected chi connectivity index (χ3v) is 6.40. The summed E-state index contributed by atoms with van der Waals surface area (Å²) in [7, 11) is -3.61. The topological polar surface area (TPSA) is 46.2 Å². The number of halogens is 2. The summed E-state index contributed by atoms with van der Waals surface area (Å²) in [5.74, 6) is 0. The fourth-order valence-electron chi connectivity index (χ4n) is 2.08.